The molecule has 162 valence electrons. The van der Waals surface area contributed by atoms with Crippen molar-refractivity contribution >= 4 is 16.7 Å². The van der Waals surface area contributed by atoms with E-state index in [0.717, 1.165) is 61.0 Å². The number of aliphatic hydroxyl groups excluding tert-OH is 1. The number of amides is 1. The van der Waals surface area contributed by atoms with Crippen LogP contribution in [0.1, 0.15) is 48.9 Å². The van der Waals surface area contributed by atoms with Crippen LogP contribution in [-0.2, 0) is 0 Å². The molecule has 0 saturated carbocycles. The van der Waals surface area contributed by atoms with Crippen LogP contribution in [0.3, 0.4) is 0 Å². The van der Waals surface area contributed by atoms with Gasteiger partial charge in [0.25, 0.3) is 5.91 Å². The van der Waals surface area contributed by atoms with Gasteiger partial charge in [0.15, 0.2) is 0 Å². The van der Waals surface area contributed by atoms with Crippen LogP contribution in [0.2, 0.25) is 0 Å². The summed E-state index contributed by atoms with van der Waals surface area (Å²) in [5.41, 5.74) is 0.719. The minimum Gasteiger partial charge on any atom is -0.494 e. The van der Waals surface area contributed by atoms with Crippen LogP contribution in [0.25, 0.3) is 10.8 Å². The minimum absolute atomic E-state index is 0.0630. The molecule has 0 spiro atoms. The lowest BCUT2D eigenvalue weighted by Gasteiger charge is -2.32. The van der Waals surface area contributed by atoms with Crippen molar-refractivity contribution in [2.24, 2.45) is 5.92 Å². The third-order valence-electron chi connectivity index (χ3n) is 6.46. The Balaban J connectivity index is 1.33. The normalized spacial score (nSPS) is 20.4. The highest BCUT2D eigenvalue weighted by molar-refractivity contribution is 5.98. The Morgan fingerprint density at radius 1 is 1.00 bits per heavy atom. The van der Waals surface area contributed by atoms with E-state index in [-0.39, 0.29) is 18.4 Å². The van der Waals surface area contributed by atoms with Crippen molar-refractivity contribution in [2.75, 3.05) is 45.9 Å². The van der Waals surface area contributed by atoms with E-state index in [1.807, 2.05) is 35.2 Å². The molecular weight excluding hydrogens is 376 g/mol. The molecule has 0 radical (unpaired) electrons. The molecule has 2 aromatic carbocycles. The molecule has 2 fully saturated rings. The number of hydrogen-bond acceptors (Lipinski definition) is 4. The smallest absolute Gasteiger partial charge is 0.253 e. The number of fused-ring (bicyclic) bond motifs is 1. The second-order valence-corrected chi connectivity index (χ2v) is 8.77. The molecule has 5 heteroatoms. The maximum Gasteiger partial charge on any atom is 0.253 e. The Hall–Kier alpha value is -2.11. The molecule has 1 amide bonds. The van der Waals surface area contributed by atoms with E-state index in [0.29, 0.717) is 6.54 Å². The van der Waals surface area contributed by atoms with Crippen LogP contribution >= 0.6 is 0 Å². The van der Waals surface area contributed by atoms with Gasteiger partial charge in [0, 0.05) is 31.8 Å². The number of aliphatic hydroxyl groups is 1. The number of piperidine rings is 2. The number of nitrogens with zero attached hydrogens (tertiary/aromatic N) is 2. The zero-order chi connectivity index (χ0) is 20.8. The lowest BCUT2D eigenvalue weighted by Crippen LogP contribution is -2.40. The third-order valence-corrected chi connectivity index (χ3v) is 6.46. The van der Waals surface area contributed by atoms with E-state index in [1.54, 1.807) is 0 Å². The molecule has 1 atom stereocenters. The monoisotopic (exact) mass is 410 g/mol. The lowest BCUT2D eigenvalue weighted by molar-refractivity contribution is 0.0621. The van der Waals surface area contributed by atoms with Crippen molar-refractivity contribution in [1.29, 1.82) is 0 Å². The Bertz CT molecular complexity index is 847. The summed E-state index contributed by atoms with van der Waals surface area (Å²) < 4.78 is 5.98. The molecule has 1 N–H and O–H groups in total. The first-order valence-electron chi connectivity index (χ1n) is 11.5. The van der Waals surface area contributed by atoms with E-state index < -0.39 is 0 Å². The fraction of sp³-hybridized carbons (Fsp3) is 0.560. The number of ether oxygens (including phenoxy) is 1. The lowest BCUT2D eigenvalue weighted by atomic mass is 9.98. The summed E-state index contributed by atoms with van der Waals surface area (Å²) in [4.78, 5) is 17.3. The molecule has 0 aromatic heterocycles. The molecular formula is C25H34N2O3. The highest BCUT2D eigenvalue weighted by atomic mass is 16.5. The molecule has 5 nitrogen and oxygen atoms in total. The summed E-state index contributed by atoms with van der Waals surface area (Å²) in [7, 11) is 0. The zero-order valence-corrected chi connectivity index (χ0v) is 17.9. The third kappa shape index (κ3) is 5.32. The molecule has 2 heterocycles. The van der Waals surface area contributed by atoms with Gasteiger partial charge in [0.2, 0.25) is 0 Å². The molecule has 30 heavy (non-hydrogen) atoms. The quantitative estimate of drug-likeness (QED) is 0.703. The summed E-state index contributed by atoms with van der Waals surface area (Å²) in [6.45, 7) is 5.90. The van der Waals surface area contributed by atoms with Gasteiger partial charge in [0.1, 0.15) is 5.75 Å². The largest absolute Gasteiger partial charge is 0.494 e. The first-order valence-corrected chi connectivity index (χ1v) is 11.5. The molecule has 1 unspecified atom stereocenters. The fourth-order valence-electron chi connectivity index (χ4n) is 4.69. The average Bonchev–Trinajstić information content (AvgIpc) is 2.81. The molecule has 2 aliphatic heterocycles. The SMILES string of the molecule is O=C(c1ccc2cc(OCCCN3CCCCC3)ccc2c1)N1CCCC(CO)C1. The number of carbonyl (C=O) groups is 1. The van der Waals surface area contributed by atoms with Gasteiger partial charge in [-0.2, -0.15) is 0 Å². The average molecular weight is 411 g/mol. The predicted octanol–water partition coefficient (Wildman–Crippen LogP) is 3.94. The number of rotatable bonds is 7. The second kappa shape index (κ2) is 10.3. The van der Waals surface area contributed by atoms with Gasteiger partial charge in [-0.1, -0.05) is 18.6 Å². The van der Waals surface area contributed by atoms with Crippen LogP contribution in [-0.4, -0.2) is 66.8 Å². The first-order chi connectivity index (χ1) is 14.7. The number of carbonyl (C=O) groups excluding carboxylic acids is 1. The Labute approximate surface area is 179 Å². The van der Waals surface area contributed by atoms with Crippen LogP contribution in [0.4, 0.5) is 0 Å². The van der Waals surface area contributed by atoms with Crippen molar-refractivity contribution in [3.05, 3.63) is 42.0 Å². The van der Waals surface area contributed by atoms with Crippen molar-refractivity contribution in [3.63, 3.8) is 0 Å². The molecule has 4 rings (SSSR count). The van der Waals surface area contributed by atoms with Crippen LogP contribution in [0, 0.1) is 5.92 Å². The fourth-order valence-corrected chi connectivity index (χ4v) is 4.69. The van der Waals surface area contributed by atoms with Crippen molar-refractivity contribution < 1.29 is 14.6 Å². The molecule has 2 aromatic rings. The van der Waals surface area contributed by atoms with E-state index in [9.17, 15) is 9.90 Å². The Morgan fingerprint density at radius 2 is 1.80 bits per heavy atom. The van der Waals surface area contributed by atoms with Gasteiger partial charge in [-0.05, 0) is 86.1 Å². The minimum atomic E-state index is 0.0630. The maximum absolute atomic E-state index is 12.9. The molecule has 2 aliphatic rings. The zero-order valence-electron chi connectivity index (χ0n) is 17.9. The summed E-state index contributed by atoms with van der Waals surface area (Å²) >= 11 is 0. The summed E-state index contributed by atoms with van der Waals surface area (Å²) in [5, 5.41) is 11.6. The number of likely N-dealkylation sites (tertiary alicyclic amines) is 2. The highest BCUT2D eigenvalue weighted by Gasteiger charge is 2.24. The second-order valence-electron chi connectivity index (χ2n) is 8.77. The van der Waals surface area contributed by atoms with E-state index in [1.165, 1.54) is 32.4 Å². The van der Waals surface area contributed by atoms with Crippen LogP contribution in [0.5, 0.6) is 5.75 Å². The van der Waals surface area contributed by atoms with Crippen molar-refractivity contribution in [3.8, 4) is 5.75 Å². The van der Waals surface area contributed by atoms with E-state index >= 15 is 0 Å². The number of benzene rings is 2. The van der Waals surface area contributed by atoms with Crippen LogP contribution < -0.4 is 4.74 Å². The van der Waals surface area contributed by atoms with Crippen molar-refractivity contribution in [2.45, 2.75) is 38.5 Å². The van der Waals surface area contributed by atoms with E-state index in [4.69, 9.17) is 4.74 Å². The topological polar surface area (TPSA) is 53.0 Å². The summed E-state index contributed by atoms with van der Waals surface area (Å²) in [6, 6.07) is 12.0. The maximum atomic E-state index is 12.9. The van der Waals surface area contributed by atoms with Gasteiger partial charge in [-0.25, -0.2) is 0 Å². The highest BCUT2D eigenvalue weighted by Crippen LogP contribution is 2.24. The Kier molecular flexibility index (Phi) is 7.24. The molecule has 0 aliphatic carbocycles. The van der Waals surface area contributed by atoms with Crippen molar-refractivity contribution in [1.82, 2.24) is 9.80 Å². The Morgan fingerprint density at radius 3 is 2.63 bits per heavy atom. The van der Waals surface area contributed by atoms with Gasteiger partial charge >= 0.3 is 0 Å². The standard InChI is InChI=1S/C25H34N2O3/c28-19-20-6-4-14-27(18-20)25(29)23-8-7-22-17-24(10-9-21(22)16-23)30-15-5-13-26-11-2-1-3-12-26/h7-10,16-17,20,28H,1-6,11-15,18-19H2. The van der Waals surface area contributed by atoms with Gasteiger partial charge < -0.3 is 19.6 Å². The molecule has 0 bridgehead atoms. The van der Waals surface area contributed by atoms with E-state index in [2.05, 4.69) is 11.0 Å². The number of hydrogen-bond donors (Lipinski definition) is 1. The van der Waals surface area contributed by atoms with Gasteiger partial charge in [-0.15, -0.1) is 0 Å². The van der Waals surface area contributed by atoms with Gasteiger partial charge in [-0.3, -0.25) is 4.79 Å². The molecule has 2 saturated heterocycles. The predicted molar refractivity (Wildman–Crippen MR) is 120 cm³/mol. The summed E-state index contributed by atoms with van der Waals surface area (Å²) in [6.07, 6.45) is 7.04. The first kappa shape index (κ1) is 21.1. The van der Waals surface area contributed by atoms with Crippen LogP contribution in [0.15, 0.2) is 36.4 Å². The van der Waals surface area contributed by atoms with Gasteiger partial charge in [0.05, 0.1) is 6.61 Å². The summed E-state index contributed by atoms with van der Waals surface area (Å²) in [5.74, 6) is 1.16.